The number of rotatable bonds is 6. The summed E-state index contributed by atoms with van der Waals surface area (Å²) in [5.41, 5.74) is 3.56. The quantitative estimate of drug-likeness (QED) is 0.267. The molecule has 0 unspecified atom stereocenters. The van der Waals surface area contributed by atoms with Crippen molar-refractivity contribution < 1.29 is 9.13 Å². The molecule has 0 spiro atoms. The summed E-state index contributed by atoms with van der Waals surface area (Å²) in [6.45, 7) is 0. The molecule has 2 fully saturated rings. The molecule has 2 aromatic carbocycles. The van der Waals surface area contributed by atoms with Crippen molar-refractivity contribution in [3.63, 3.8) is 0 Å². The first-order chi connectivity index (χ1) is 18.1. The Morgan fingerprint density at radius 1 is 0.973 bits per heavy atom. The molecule has 6 rings (SSSR count). The smallest absolute Gasteiger partial charge is 0.174 e. The van der Waals surface area contributed by atoms with E-state index in [2.05, 4.69) is 21.3 Å². The van der Waals surface area contributed by atoms with Crippen LogP contribution < -0.4 is 15.0 Å². The fourth-order valence-electron chi connectivity index (χ4n) is 5.32. The van der Waals surface area contributed by atoms with Crippen LogP contribution in [0.4, 0.5) is 10.1 Å². The molecule has 3 heterocycles. The number of hydrogen-bond donors (Lipinski definition) is 1. The van der Waals surface area contributed by atoms with Crippen molar-refractivity contribution in [1.29, 1.82) is 0 Å². The SMILES string of the molecule is Fc1ccc(-n2cccc2[C@@H]2[C@@H](c3ccccn3)NC(=S)N2c2ccc(OC3CCCC3)cc2)cc1Cl. The molecule has 0 bridgehead atoms. The van der Waals surface area contributed by atoms with Crippen LogP contribution in [0.5, 0.6) is 5.75 Å². The van der Waals surface area contributed by atoms with Gasteiger partial charge in [-0.05, 0) is 105 Å². The second-order valence-electron chi connectivity index (χ2n) is 9.42. The van der Waals surface area contributed by atoms with Gasteiger partial charge < -0.3 is 19.5 Å². The van der Waals surface area contributed by atoms with Gasteiger partial charge in [-0.15, -0.1) is 0 Å². The van der Waals surface area contributed by atoms with E-state index >= 15 is 0 Å². The largest absolute Gasteiger partial charge is 0.490 e. The molecule has 1 saturated carbocycles. The van der Waals surface area contributed by atoms with E-state index in [1.165, 1.54) is 18.9 Å². The summed E-state index contributed by atoms with van der Waals surface area (Å²) in [5, 5.41) is 4.18. The van der Waals surface area contributed by atoms with Crippen LogP contribution in [0.25, 0.3) is 5.69 Å². The third-order valence-electron chi connectivity index (χ3n) is 7.08. The van der Waals surface area contributed by atoms with Crippen LogP contribution in [0.1, 0.15) is 49.2 Å². The Bertz CT molecular complexity index is 1410. The van der Waals surface area contributed by atoms with Crippen molar-refractivity contribution in [2.45, 2.75) is 43.9 Å². The van der Waals surface area contributed by atoms with E-state index in [1.54, 1.807) is 18.3 Å². The van der Waals surface area contributed by atoms with Crippen LogP contribution in [-0.4, -0.2) is 20.8 Å². The molecule has 1 aliphatic carbocycles. The first-order valence-electron chi connectivity index (χ1n) is 12.5. The van der Waals surface area contributed by atoms with Gasteiger partial charge in [0.25, 0.3) is 0 Å². The number of benzene rings is 2. The minimum Gasteiger partial charge on any atom is -0.490 e. The van der Waals surface area contributed by atoms with Gasteiger partial charge in [-0.2, -0.15) is 0 Å². The zero-order chi connectivity index (χ0) is 25.4. The van der Waals surface area contributed by atoms with Crippen molar-refractivity contribution in [1.82, 2.24) is 14.9 Å². The monoisotopic (exact) mass is 532 g/mol. The van der Waals surface area contributed by atoms with Gasteiger partial charge in [0.05, 0.1) is 22.9 Å². The molecular weight excluding hydrogens is 507 g/mol. The summed E-state index contributed by atoms with van der Waals surface area (Å²) in [5.74, 6) is 0.423. The molecule has 2 atom stereocenters. The first kappa shape index (κ1) is 23.9. The second kappa shape index (κ2) is 10.1. The molecule has 0 radical (unpaired) electrons. The predicted molar refractivity (Wildman–Crippen MR) is 148 cm³/mol. The minimum atomic E-state index is -0.448. The number of anilines is 1. The Kier molecular flexibility index (Phi) is 6.57. The van der Waals surface area contributed by atoms with Crippen molar-refractivity contribution in [2.75, 3.05) is 4.90 Å². The molecule has 2 aliphatic rings. The summed E-state index contributed by atoms with van der Waals surface area (Å²) in [6.07, 6.45) is 8.71. The van der Waals surface area contributed by atoms with Gasteiger partial charge in [-0.25, -0.2) is 4.39 Å². The Hall–Kier alpha value is -3.42. The summed E-state index contributed by atoms with van der Waals surface area (Å²) in [6, 6.07) is 22.3. The average molecular weight is 533 g/mol. The van der Waals surface area contributed by atoms with Gasteiger partial charge in [0, 0.05) is 29.5 Å². The Morgan fingerprint density at radius 2 is 1.76 bits per heavy atom. The predicted octanol–water partition coefficient (Wildman–Crippen LogP) is 7.16. The third kappa shape index (κ3) is 4.69. The van der Waals surface area contributed by atoms with Gasteiger partial charge in [0.15, 0.2) is 5.11 Å². The van der Waals surface area contributed by atoms with Crippen LogP contribution in [0.3, 0.4) is 0 Å². The summed E-state index contributed by atoms with van der Waals surface area (Å²) < 4.78 is 22.1. The highest BCUT2D eigenvalue weighted by Crippen LogP contribution is 2.42. The van der Waals surface area contributed by atoms with E-state index in [4.69, 9.17) is 28.6 Å². The lowest BCUT2D eigenvalue weighted by atomic mass is 10.0. The van der Waals surface area contributed by atoms with Crippen molar-refractivity contribution in [2.24, 2.45) is 0 Å². The summed E-state index contributed by atoms with van der Waals surface area (Å²) in [7, 11) is 0. The number of ether oxygens (including phenoxy) is 1. The van der Waals surface area contributed by atoms with E-state index in [0.29, 0.717) is 11.2 Å². The molecule has 8 heteroatoms. The molecule has 5 nitrogen and oxygen atoms in total. The van der Waals surface area contributed by atoms with E-state index in [9.17, 15) is 4.39 Å². The van der Waals surface area contributed by atoms with Crippen LogP contribution >= 0.6 is 23.8 Å². The highest BCUT2D eigenvalue weighted by Gasteiger charge is 2.42. The summed E-state index contributed by atoms with van der Waals surface area (Å²) >= 11 is 12.0. The molecule has 1 saturated heterocycles. The van der Waals surface area contributed by atoms with Crippen molar-refractivity contribution in [3.8, 4) is 11.4 Å². The highest BCUT2D eigenvalue weighted by molar-refractivity contribution is 7.80. The lowest BCUT2D eigenvalue weighted by molar-refractivity contribution is 0.210. The van der Waals surface area contributed by atoms with Gasteiger partial charge in [-0.1, -0.05) is 17.7 Å². The van der Waals surface area contributed by atoms with Crippen LogP contribution in [0.15, 0.2) is 85.2 Å². The fourth-order valence-corrected chi connectivity index (χ4v) is 5.84. The first-order valence-corrected chi connectivity index (χ1v) is 13.3. The normalized spacial score (nSPS) is 19.8. The van der Waals surface area contributed by atoms with Crippen molar-refractivity contribution >= 4 is 34.6 Å². The zero-order valence-corrected chi connectivity index (χ0v) is 21.6. The maximum Gasteiger partial charge on any atom is 0.174 e. The van der Waals surface area contributed by atoms with Crippen LogP contribution in [-0.2, 0) is 0 Å². The minimum absolute atomic E-state index is 0.0770. The zero-order valence-electron chi connectivity index (χ0n) is 20.1. The van der Waals surface area contributed by atoms with Gasteiger partial charge in [0.2, 0.25) is 0 Å². The highest BCUT2D eigenvalue weighted by atomic mass is 35.5. The third-order valence-corrected chi connectivity index (χ3v) is 7.69. The number of nitrogens with one attached hydrogen (secondary N) is 1. The van der Waals surface area contributed by atoms with Crippen molar-refractivity contribution in [3.05, 3.63) is 107 Å². The molecule has 2 aromatic heterocycles. The van der Waals surface area contributed by atoms with Gasteiger partial charge in [0.1, 0.15) is 17.6 Å². The molecular formula is C29H26ClFN4OS. The Labute approximate surface area is 225 Å². The molecule has 37 heavy (non-hydrogen) atoms. The molecule has 0 amide bonds. The standard InChI is InChI=1S/C29H26ClFN4OS/c30-23-18-20(12-15-24(23)31)34-17-5-9-26(34)28-27(25-8-3-4-16-32-25)33-29(37)35(28)19-10-13-22(14-11-19)36-21-6-1-2-7-21/h3-5,8-18,21,27-28H,1-2,6-7H2,(H,33,37)/t27-,28-/m1/s1. The maximum atomic E-state index is 13.9. The number of pyridine rings is 1. The molecule has 188 valence electrons. The fraction of sp³-hybridized carbons (Fsp3) is 0.241. The maximum absolute atomic E-state index is 13.9. The lowest BCUT2D eigenvalue weighted by Gasteiger charge is -2.29. The molecule has 4 aromatic rings. The lowest BCUT2D eigenvalue weighted by Crippen LogP contribution is -2.30. The van der Waals surface area contributed by atoms with E-state index in [0.717, 1.165) is 41.4 Å². The van der Waals surface area contributed by atoms with Crippen LogP contribution in [0, 0.1) is 5.82 Å². The second-order valence-corrected chi connectivity index (χ2v) is 10.2. The number of nitrogens with zero attached hydrogens (tertiary/aromatic N) is 3. The number of thiocarbonyl (C=S) groups is 1. The van der Waals surface area contributed by atoms with E-state index < -0.39 is 5.82 Å². The number of hydrogen-bond acceptors (Lipinski definition) is 3. The Balaban J connectivity index is 1.40. The summed E-state index contributed by atoms with van der Waals surface area (Å²) in [4.78, 5) is 6.75. The number of halogens is 2. The van der Waals surface area contributed by atoms with E-state index in [1.807, 2.05) is 59.3 Å². The van der Waals surface area contributed by atoms with Gasteiger partial charge >= 0.3 is 0 Å². The molecule has 1 N–H and O–H groups in total. The van der Waals surface area contributed by atoms with Gasteiger partial charge in [-0.3, -0.25) is 4.98 Å². The van der Waals surface area contributed by atoms with E-state index in [-0.39, 0.29) is 17.1 Å². The van der Waals surface area contributed by atoms with Crippen LogP contribution in [0.2, 0.25) is 5.02 Å². The molecule has 1 aliphatic heterocycles. The Morgan fingerprint density at radius 3 is 2.49 bits per heavy atom. The topological polar surface area (TPSA) is 42.3 Å². The number of aromatic nitrogens is 2. The average Bonchev–Trinajstić information content (AvgIpc) is 3.67.